The molecule has 0 aliphatic heterocycles. The lowest BCUT2D eigenvalue weighted by atomic mass is 9.77. The van der Waals surface area contributed by atoms with Gasteiger partial charge in [-0.1, -0.05) is 24.3 Å². The molecule has 0 heterocycles. The monoisotopic (exact) mass is 305 g/mol. The van der Waals surface area contributed by atoms with E-state index in [9.17, 15) is 4.39 Å². The predicted octanol–water partition coefficient (Wildman–Crippen LogP) is 4.34. The van der Waals surface area contributed by atoms with Gasteiger partial charge in [-0.25, -0.2) is 4.39 Å². The first kappa shape index (κ1) is 11.7. The van der Waals surface area contributed by atoms with Gasteiger partial charge >= 0.3 is 0 Å². The molecular formula is C15H13BrFN. The number of halogens is 2. The average Bonchev–Trinajstić information content (AvgIpc) is 2.35. The first-order chi connectivity index (χ1) is 8.74. The molecule has 1 aliphatic carbocycles. The van der Waals surface area contributed by atoms with Gasteiger partial charge in [-0.05, 0) is 51.7 Å². The molecule has 92 valence electrons. The zero-order chi connectivity index (χ0) is 12.5. The molecule has 3 rings (SSSR count). The first-order valence-corrected chi connectivity index (χ1v) is 6.80. The first-order valence-electron chi connectivity index (χ1n) is 6.01. The molecule has 3 heteroatoms. The molecule has 1 atom stereocenters. The number of nitrogens with one attached hydrogen (secondary N) is 1. The normalized spacial score (nSPS) is 16.9. The summed E-state index contributed by atoms with van der Waals surface area (Å²) >= 11 is 3.19. The number of rotatable bonds is 3. The van der Waals surface area contributed by atoms with E-state index < -0.39 is 0 Å². The zero-order valence-corrected chi connectivity index (χ0v) is 11.4. The third-order valence-electron chi connectivity index (χ3n) is 3.43. The Morgan fingerprint density at radius 3 is 2.83 bits per heavy atom. The van der Waals surface area contributed by atoms with Crippen LogP contribution >= 0.6 is 15.9 Å². The highest BCUT2D eigenvalue weighted by Crippen LogP contribution is 2.34. The molecule has 2 aromatic carbocycles. The quantitative estimate of drug-likeness (QED) is 0.889. The molecule has 0 saturated carbocycles. The van der Waals surface area contributed by atoms with Crippen LogP contribution in [0, 0.1) is 5.82 Å². The van der Waals surface area contributed by atoms with Gasteiger partial charge < -0.3 is 5.32 Å². The van der Waals surface area contributed by atoms with Gasteiger partial charge in [0, 0.05) is 18.2 Å². The van der Waals surface area contributed by atoms with Crippen LogP contribution in [0.1, 0.15) is 17.0 Å². The second kappa shape index (κ2) is 4.73. The Morgan fingerprint density at radius 1 is 1.22 bits per heavy atom. The van der Waals surface area contributed by atoms with Crippen molar-refractivity contribution in [1.82, 2.24) is 0 Å². The summed E-state index contributed by atoms with van der Waals surface area (Å²) in [7, 11) is 0. The van der Waals surface area contributed by atoms with Crippen molar-refractivity contribution >= 4 is 21.6 Å². The van der Waals surface area contributed by atoms with Crippen LogP contribution in [0.15, 0.2) is 46.9 Å². The molecule has 1 nitrogen and oxygen atoms in total. The van der Waals surface area contributed by atoms with E-state index in [4.69, 9.17) is 0 Å². The Hall–Kier alpha value is -1.35. The lowest BCUT2D eigenvalue weighted by Crippen LogP contribution is -2.24. The summed E-state index contributed by atoms with van der Waals surface area (Å²) < 4.78 is 13.6. The fourth-order valence-electron chi connectivity index (χ4n) is 2.39. The van der Waals surface area contributed by atoms with Crippen molar-refractivity contribution in [1.29, 1.82) is 0 Å². The summed E-state index contributed by atoms with van der Waals surface area (Å²) in [6, 6.07) is 13.6. The minimum absolute atomic E-state index is 0.227. The Labute approximate surface area is 114 Å². The predicted molar refractivity (Wildman–Crippen MR) is 75.5 cm³/mol. The zero-order valence-electron chi connectivity index (χ0n) is 9.79. The van der Waals surface area contributed by atoms with Gasteiger partial charge in [-0.3, -0.25) is 0 Å². The summed E-state index contributed by atoms with van der Waals surface area (Å²) in [6.45, 7) is 0.898. The lowest BCUT2D eigenvalue weighted by Gasteiger charge is -2.30. The number of fused-ring (bicyclic) bond motifs is 1. The maximum Gasteiger partial charge on any atom is 0.137 e. The third-order valence-corrected chi connectivity index (χ3v) is 4.04. The fourth-order valence-corrected chi connectivity index (χ4v) is 2.77. The van der Waals surface area contributed by atoms with Crippen LogP contribution in [0.4, 0.5) is 10.1 Å². The summed E-state index contributed by atoms with van der Waals surface area (Å²) in [5.74, 6) is 0.347. The smallest absolute Gasteiger partial charge is 0.137 e. The van der Waals surface area contributed by atoms with Crippen molar-refractivity contribution in [2.24, 2.45) is 0 Å². The van der Waals surface area contributed by atoms with E-state index in [2.05, 4.69) is 45.5 Å². The number of anilines is 1. The lowest BCUT2D eigenvalue weighted by molar-refractivity contribution is 0.620. The Bertz CT molecular complexity index is 582. The van der Waals surface area contributed by atoms with Crippen LogP contribution in [0.25, 0.3) is 0 Å². The topological polar surface area (TPSA) is 12.0 Å². The van der Waals surface area contributed by atoms with Gasteiger partial charge in [0.1, 0.15) is 5.82 Å². The maximum atomic E-state index is 13.1. The van der Waals surface area contributed by atoms with E-state index in [-0.39, 0.29) is 5.82 Å². The van der Waals surface area contributed by atoms with Crippen LogP contribution in [-0.4, -0.2) is 6.54 Å². The molecule has 0 spiro atoms. The Kier molecular flexibility index (Phi) is 3.08. The molecule has 0 saturated heterocycles. The van der Waals surface area contributed by atoms with E-state index in [1.54, 1.807) is 12.1 Å². The standard InChI is InChI=1S/C15H13BrFN/c16-14-8-12(5-6-15(14)17)18-9-11-7-10-3-1-2-4-13(10)11/h1-6,8,11,18H,7,9H2. The number of benzene rings is 2. The summed E-state index contributed by atoms with van der Waals surface area (Å²) in [5.41, 5.74) is 3.84. The van der Waals surface area contributed by atoms with E-state index in [1.807, 2.05) is 0 Å². The van der Waals surface area contributed by atoms with Crippen LogP contribution in [0.5, 0.6) is 0 Å². The minimum Gasteiger partial charge on any atom is -0.384 e. The molecule has 0 radical (unpaired) electrons. The minimum atomic E-state index is -0.227. The van der Waals surface area contributed by atoms with Crippen molar-refractivity contribution in [3.05, 3.63) is 63.9 Å². The van der Waals surface area contributed by atoms with Crippen LogP contribution in [0.2, 0.25) is 0 Å². The fraction of sp³-hybridized carbons (Fsp3) is 0.200. The summed E-state index contributed by atoms with van der Waals surface area (Å²) in [6.07, 6.45) is 1.13. The third kappa shape index (κ3) is 2.15. The van der Waals surface area contributed by atoms with Crippen molar-refractivity contribution < 1.29 is 4.39 Å². The molecule has 0 bridgehead atoms. The second-order valence-electron chi connectivity index (χ2n) is 4.61. The summed E-state index contributed by atoms with van der Waals surface area (Å²) in [4.78, 5) is 0. The van der Waals surface area contributed by atoms with Crippen LogP contribution < -0.4 is 5.32 Å². The molecule has 1 aliphatic rings. The second-order valence-corrected chi connectivity index (χ2v) is 5.46. The van der Waals surface area contributed by atoms with Crippen molar-refractivity contribution in [3.63, 3.8) is 0 Å². The highest BCUT2D eigenvalue weighted by molar-refractivity contribution is 9.10. The van der Waals surface area contributed by atoms with E-state index in [0.717, 1.165) is 18.7 Å². The SMILES string of the molecule is Fc1ccc(NCC2Cc3ccccc32)cc1Br. The molecule has 1 N–H and O–H groups in total. The largest absolute Gasteiger partial charge is 0.384 e. The van der Waals surface area contributed by atoms with Crippen molar-refractivity contribution in [2.45, 2.75) is 12.3 Å². The van der Waals surface area contributed by atoms with E-state index in [0.29, 0.717) is 10.4 Å². The molecule has 1 unspecified atom stereocenters. The number of hydrogen-bond acceptors (Lipinski definition) is 1. The maximum absolute atomic E-state index is 13.1. The van der Waals surface area contributed by atoms with Crippen LogP contribution in [-0.2, 0) is 6.42 Å². The Morgan fingerprint density at radius 2 is 2.06 bits per heavy atom. The molecular weight excluding hydrogens is 293 g/mol. The molecule has 0 fully saturated rings. The molecule has 0 aromatic heterocycles. The molecule has 0 amide bonds. The van der Waals surface area contributed by atoms with Gasteiger partial charge in [0.2, 0.25) is 0 Å². The Balaban J connectivity index is 1.65. The summed E-state index contributed by atoms with van der Waals surface area (Å²) in [5, 5.41) is 3.36. The van der Waals surface area contributed by atoms with Gasteiger partial charge in [-0.2, -0.15) is 0 Å². The average molecular weight is 306 g/mol. The highest BCUT2D eigenvalue weighted by atomic mass is 79.9. The van der Waals surface area contributed by atoms with E-state index >= 15 is 0 Å². The molecule has 2 aromatic rings. The highest BCUT2D eigenvalue weighted by Gasteiger charge is 2.24. The van der Waals surface area contributed by atoms with Crippen molar-refractivity contribution in [2.75, 3.05) is 11.9 Å². The van der Waals surface area contributed by atoms with Crippen LogP contribution in [0.3, 0.4) is 0 Å². The van der Waals surface area contributed by atoms with Gasteiger partial charge in [0.25, 0.3) is 0 Å². The van der Waals surface area contributed by atoms with Gasteiger partial charge in [0.05, 0.1) is 4.47 Å². The van der Waals surface area contributed by atoms with E-state index in [1.165, 1.54) is 17.2 Å². The number of hydrogen-bond donors (Lipinski definition) is 1. The van der Waals surface area contributed by atoms with Gasteiger partial charge in [-0.15, -0.1) is 0 Å². The molecule has 18 heavy (non-hydrogen) atoms. The van der Waals surface area contributed by atoms with Gasteiger partial charge in [0.15, 0.2) is 0 Å². The van der Waals surface area contributed by atoms with Crippen molar-refractivity contribution in [3.8, 4) is 0 Å².